The lowest BCUT2D eigenvalue weighted by Crippen LogP contribution is -2.29. The smallest absolute Gasteiger partial charge is 0.206 e. The van der Waals surface area contributed by atoms with Crippen LogP contribution in [0.4, 0.5) is 0 Å². The molecule has 1 aromatic heterocycles. The second-order valence-electron chi connectivity index (χ2n) is 3.19. The number of aromatic nitrogens is 4. The Labute approximate surface area is 69.8 Å². The van der Waals surface area contributed by atoms with E-state index < -0.39 is 11.7 Å². The van der Waals surface area contributed by atoms with Gasteiger partial charge in [-0.05, 0) is 19.1 Å². The lowest BCUT2D eigenvalue weighted by molar-refractivity contribution is -0.0540. The van der Waals surface area contributed by atoms with Gasteiger partial charge >= 0.3 is 0 Å². The number of nitrogens with zero attached hydrogens (tertiary/aromatic N) is 4. The van der Waals surface area contributed by atoms with Crippen molar-refractivity contribution in [2.45, 2.75) is 25.6 Å². The van der Waals surface area contributed by atoms with Crippen LogP contribution in [0.25, 0.3) is 0 Å². The summed E-state index contributed by atoms with van der Waals surface area (Å²) in [6, 6.07) is 0. The summed E-state index contributed by atoms with van der Waals surface area (Å²) in [5, 5.41) is 29.7. The molecule has 0 fully saturated rings. The molecule has 0 saturated carbocycles. The molecule has 2 N–H and O–H groups in total. The number of rotatable bonds is 2. The summed E-state index contributed by atoms with van der Waals surface area (Å²) in [5.41, 5.74) is -1.25. The molecule has 1 aromatic rings. The molecule has 0 saturated heterocycles. The summed E-state index contributed by atoms with van der Waals surface area (Å²) in [5.74, 6) is 0.130. The summed E-state index contributed by atoms with van der Waals surface area (Å²) in [6.07, 6.45) is -1.11. The molecular formula is C6H12N4O2. The van der Waals surface area contributed by atoms with E-state index in [0.717, 1.165) is 0 Å². The van der Waals surface area contributed by atoms with E-state index in [-0.39, 0.29) is 5.82 Å². The molecule has 0 aliphatic heterocycles. The second-order valence-corrected chi connectivity index (χ2v) is 3.19. The Hall–Kier alpha value is -1.01. The Morgan fingerprint density at radius 2 is 2.08 bits per heavy atom. The lowest BCUT2D eigenvalue weighted by Gasteiger charge is -2.20. The standard InChI is InChI=1S/C6H12N4O2/c1-6(2,12)4(11)5-7-9-10(3)8-5/h4,11-12H,1-3H3. The Morgan fingerprint density at radius 1 is 1.50 bits per heavy atom. The molecule has 0 aromatic carbocycles. The van der Waals surface area contributed by atoms with Gasteiger partial charge in [-0.2, -0.15) is 4.80 Å². The number of hydrogen-bond acceptors (Lipinski definition) is 5. The van der Waals surface area contributed by atoms with Gasteiger partial charge in [-0.3, -0.25) is 0 Å². The van der Waals surface area contributed by atoms with Gasteiger partial charge in [0.1, 0.15) is 6.10 Å². The van der Waals surface area contributed by atoms with Gasteiger partial charge in [0.05, 0.1) is 12.6 Å². The van der Waals surface area contributed by atoms with Crippen LogP contribution in [0.5, 0.6) is 0 Å². The van der Waals surface area contributed by atoms with E-state index in [2.05, 4.69) is 15.4 Å². The summed E-state index contributed by atoms with van der Waals surface area (Å²) < 4.78 is 0. The molecule has 6 nitrogen and oxygen atoms in total. The van der Waals surface area contributed by atoms with Crippen LogP contribution in [0.3, 0.4) is 0 Å². The van der Waals surface area contributed by atoms with E-state index >= 15 is 0 Å². The largest absolute Gasteiger partial charge is 0.387 e. The van der Waals surface area contributed by atoms with Crippen molar-refractivity contribution in [1.29, 1.82) is 0 Å². The van der Waals surface area contributed by atoms with Crippen LogP contribution < -0.4 is 0 Å². The fourth-order valence-electron chi connectivity index (χ4n) is 0.724. The minimum absolute atomic E-state index is 0.130. The van der Waals surface area contributed by atoms with Crippen LogP contribution in [0.2, 0.25) is 0 Å². The van der Waals surface area contributed by atoms with Crippen LogP contribution in [0, 0.1) is 0 Å². The highest BCUT2D eigenvalue weighted by molar-refractivity contribution is 4.92. The Kier molecular flexibility index (Phi) is 2.12. The molecule has 1 heterocycles. The van der Waals surface area contributed by atoms with Crippen LogP contribution in [0.1, 0.15) is 25.8 Å². The first kappa shape index (κ1) is 9.08. The zero-order valence-electron chi connectivity index (χ0n) is 7.26. The zero-order valence-corrected chi connectivity index (χ0v) is 7.26. The topological polar surface area (TPSA) is 84.1 Å². The number of aliphatic hydroxyl groups excluding tert-OH is 1. The molecule has 0 bridgehead atoms. The maximum Gasteiger partial charge on any atom is 0.206 e. The highest BCUT2D eigenvalue weighted by atomic mass is 16.3. The van der Waals surface area contributed by atoms with Gasteiger partial charge in [-0.25, -0.2) is 0 Å². The average Bonchev–Trinajstić information content (AvgIpc) is 2.32. The molecule has 0 aliphatic carbocycles. The third-order valence-electron chi connectivity index (χ3n) is 1.44. The van der Waals surface area contributed by atoms with E-state index in [9.17, 15) is 10.2 Å². The molecule has 0 radical (unpaired) electrons. The normalized spacial score (nSPS) is 14.8. The molecule has 6 heteroatoms. The lowest BCUT2D eigenvalue weighted by atomic mass is 10.0. The average molecular weight is 172 g/mol. The molecule has 0 spiro atoms. The van der Waals surface area contributed by atoms with Gasteiger partial charge in [0.2, 0.25) is 5.82 Å². The molecule has 1 atom stereocenters. The van der Waals surface area contributed by atoms with Gasteiger partial charge in [0, 0.05) is 0 Å². The minimum Gasteiger partial charge on any atom is -0.387 e. The Balaban J connectivity index is 2.85. The van der Waals surface area contributed by atoms with Crippen molar-refractivity contribution in [3.8, 4) is 0 Å². The molecular weight excluding hydrogens is 160 g/mol. The molecule has 1 unspecified atom stereocenters. The van der Waals surface area contributed by atoms with Crippen molar-refractivity contribution in [2.75, 3.05) is 0 Å². The third kappa shape index (κ3) is 1.77. The first-order valence-corrected chi connectivity index (χ1v) is 3.55. The Morgan fingerprint density at radius 3 is 2.42 bits per heavy atom. The first-order chi connectivity index (χ1) is 5.41. The van der Waals surface area contributed by atoms with Gasteiger partial charge in [-0.15, -0.1) is 10.2 Å². The maximum atomic E-state index is 9.44. The van der Waals surface area contributed by atoms with E-state index in [4.69, 9.17) is 0 Å². The van der Waals surface area contributed by atoms with E-state index in [1.807, 2.05) is 0 Å². The van der Waals surface area contributed by atoms with Crippen molar-refractivity contribution in [3.05, 3.63) is 5.82 Å². The molecule has 1 rings (SSSR count). The van der Waals surface area contributed by atoms with Gasteiger partial charge in [0.15, 0.2) is 0 Å². The van der Waals surface area contributed by atoms with Gasteiger partial charge < -0.3 is 10.2 Å². The molecule has 68 valence electrons. The monoisotopic (exact) mass is 172 g/mol. The SMILES string of the molecule is Cn1nnc(C(O)C(C)(C)O)n1. The first-order valence-electron chi connectivity index (χ1n) is 3.55. The summed E-state index contributed by atoms with van der Waals surface area (Å²) >= 11 is 0. The molecule has 12 heavy (non-hydrogen) atoms. The third-order valence-corrected chi connectivity index (χ3v) is 1.44. The quantitative estimate of drug-likeness (QED) is 0.598. The van der Waals surface area contributed by atoms with Gasteiger partial charge in [0.25, 0.3) is 0 Å². The van der Waals surface area contributed by atoms with Crippen LogP contribution in [0.15, 0.2) is 0 Å². The fraction of sp³-hybridized carbons (Fsp3) is 0.833. The van der Waals surface area contributed by atoms with E-state index in [0.29, 0.717) is 0 Å². The fourth-order valence-corrected chi connectivity index (χ4v) is 0.724. The van der Waals surface area contributed by atoms with Crippen LogP contribution >= 0.6 is 0 Å². The summed E-state index contributed by atoms with van der Waals surface area (Å²) in [4.78, 5) is 1.23. The summed E-state index contributed by atoms with van der Waals surface area (Å²) in [6.45, 7) is 2.96. The van der Waals surface area contributed by atoms with Crippen molar-refractivity contribution in [1.82, 2.24) is 20.2 Å². The minimum atomic E-state index is -1.25. The second kappa shape index (κ2) is 2.80. The summed E-state index contributed by atoms with van der Waals surface area (Å²) in [7, 11) is 1.59. The predicted molar refractivity (Wildman–Crippen MR) is 40.1 cm³/mol. The number of aryl methyl sites for hydroxylation is 1. The molecule has 0 aliphatic rings. The maximum absolute atomic E-state index is 9.44. The van der Waals surface area contributed by atoms with E-state index in [1.165, 1.54) is 18.6 Å². The van der Waals surface area contributed by atoms with Crippen LogP contribution in [-0.4, -0.2) is 36.0 Å². The van der Waals surface area contributed by atoms with E-state index in [1.54, 1.807) is 7.05 Å². The highest BCUT2D eigenvalue weighted by Crippen LogP contribution is 2.20. The van der Waals surface area contributed by atoms with Crippen LogP contribution in [-0.2, 0) is 7.05 Å². The molecule has 0 amide bonds. The number of tetrazole rings is 1. The van der Waals surface area contributed by atoms with Gasteiger partial charge in [-0.1, -0.05) is 0 Å². The highest BCUT2D eigenvalue weighted by Gasteiger charge is 2.29. The number of aliphatic hydroxyl groups is 2. The van der Waals surface area contributed by atoms with Crippen molar-refractivity contribution < 1.29 is 10.2 Å². The Bertz CT molecular complexity index is 265. The van der Waals surface area contributed by atoms with Crippen molar-refractivity contribution in [3.63, 3.8) is 0 Å². The zero-order chi connectivity index (χ0) is 9.35. The number of hydrogen-bond donors (Lipinski definition) is 2. The predicted octanol–water partition coefficient (Wildman–Crippen LogP) is -0.986. The van der Waals surface area contributed by atoms with Crippen molar-refractivity contribution >= 4 is 0 Å². The van der Waals surface area contributed by atoms with Crippen molar-refractivity contribution in [2.24, 2.45) is 7.05 Å².